The standard InChI is InChI=1S/C11H18N4O2/c1-14(5-7-3-8(16)4-7)11(17)10-9(12)6-15(2)13-10/h6-8,16H,3-5,12H2,1-2H3. The number of anilines is 1. The average Bonchev–Trinajstić information content (AvgIpc) is 2.54. The van der Waals surface area contributed by atoms with E-state index >= 15 is 0 Å². The van der Waals surface area contributed by atoms with Crippen molar-refractivity contribution in [2.45, 2.75) is 18.9 Å². The van der Waals surface area contributed by atoms with Crippen molar-refractivity contribution in [3.63, 3.8) is 0 Å². The topological polar surface area (TPSA) is 84.4 Å². The first-order chi connectivity index (χ1) is 7.97. The van der Waals surface area contributed by atoms with Gasteiger partial charge in [0.15, 0.2) is 5.69 Å². The number of nitrogens with zero attached hydrogens (tertiary/aromatic N) is 3. The molecule has 1 aromatic rings. The van der Waals surface area contributed by atoms with Gasteiger partial charge in [0.2, 0.25) is 0 Å². The molecule has 1 fully saturated rings. The number of amides is 1. The summed E-state index contributed by atoms with van der Waals surface area (Å²) in [7, 11) is 3.47. The number of carbonyl (C=O) groups is 1. The summed E-state index contributed by atoms with van der Waals surface area (Å²) in [6.07, 6.45) is 2.97. The van der Waals surface area contributed by atoms with Gasteiger partial charge in [-0.25, -0.2) is 0 Å². The lowest BCUT2D eigenvalue weighted by Gasteiger charge is -2.34. The lowest BCUT2D eigenvalue weighted by Crippen LogP contribution is -2.39. The molecule has 0 radical (unpaired) electrons. The number of aliphatic hydroxyl groups excluding tert-OH is 1. The largest absolute Gasteiger partial charge is 0.396 e. The monoisotopic (exact) mass is 238 g/mol. The third-order valence-electron chi connectivity index (χ3n) is 3.15. The summed E-state index contributed by atoms with van der Waals surface area (Å²) < 4.78 is 1.53. The van der Waals surface area contributed by atoms with Gasteiger partial charge in [-0.2, -0.15) is 5.10 Å². The molecule has 2 rings (SSSR count). The summed E-state index contributed by atoms with van der Waals surface area (Å²) in [5, 5.41) is 13.2. The van der Waals surface area contributed by atoms with Crippen LogP contribution in [-0.4, -0.2) is 45.4 Å². The summed E-state index contributed by atoms with van der Waals surface area (Å²) in [6.45, 7) is 0.645. The molecule has 0 spiro atoms. The first-order valence-electron chi connectivity index (χ1n) is 5.70. The summed E-state index contributed by atoms with van der Waals surface area (Å²) in [6, 6.07) is 0. The maximum absolute atomic E-state index is 12.0. The minimum Gasteiger partial charge on any atom is -0.396 e. The van der Waals surface area contributed by atoms with Crippen LogP contribution in [0.2, 0.25) is 0 Å². The Kier molecular flexibility index (Phi) is 3.06. The van der Waals surface area contributed by atoms with Crippen molar-refractivity contribution < 1.29 is 9.90 Å². The summed E-state index contributed by atoms with van der Waals surface area (Å²) in [5.74, 6) is 0.230. The van der Waals surface area contributed by atoms with Crippen LogP contribution >= 0.6 is 0 Å². The zero-order chi connectivity index (χ0) is 12.6. The third-order valence-corrected chi connectivity index (χ3v) is 3.15. The predicted molar refractivity (Wildman–Crippen MR) is 63.3 cm³/mol. The molecule has 1 amide bonds. The van der Waals surface area contributed by atoms with Crippen LogP contribution in [0.4, 0.5) is 5.69 Å². The van der Waals surface area contributed by atoms with Gasteiger partial charge in [0.05, 0.1) is 11.8 Å². The molecule has 1 aromatic heterocycles. The smallest absolute Gasteiger partial charge is 0.276 e. The average molecular weight is 238 g/mol. The minimum absolute atomic E-state index is 0.163. The van der Waals surface area contributed by atoms with Crippen LogP contribution in [0.1, 0.15) is 23.3 Å². The Balaban J connectivity index is 1.97. The van der Waals surface area contributed by atoms with Gasteiger partial charge in [0.1, 0.15) is 0 Å². The number of rotatable bonds is 3. The van der Waals surface area contributed by atoms with E-state index in [0.29, 0.717) is 23.8 Å². The molecule has 94 valence electrons. The van der Waals surface area contributed by atoms with E-state index in [1.165, 1.54) is 4.68 Å². The molecule has 6 heteroatoms. The first kappa shape index (κ1) is 11.9. The highest BCUT2D eigenvalue weighted by Crippen LogP contribution is 2.28. The molecule has 0 aromatic carbocycles. The van der Waals surface area contributed by atoms with E-state index in [-0.39, 0.29) is 12.0 Å². The van der Waals surface area contributed by atoms with Crippen LogP contribution in [0.5, 0.6) is 0 Å². The Hall–Kier alpha value is -1.56. The molecule has 1 heterocycles. The third kappa shape index (κ3) is 2.41. The Morgan fingerprint density at radius 3 is 2.82 bits per heavy atom. The van der Waals surface area contributed by atoms with E-state index in [4.69, 9.17) is 5.73 Å². The fourth-order valence-electron chi connectivity index (χ4n) is 2.17. The maximum Gasteiger partial charge on any atom is 0.276 e. The van der Waals surface area contributed by atoms with Crippen molar-refractivity contribution in [2.24, 2.45) is 13.0 Å². The second-order valence-corrected chi connectivity index (χ2v) is 4.78. The molecule has 0 bridgehead atoms. The maximum atomic E-state index is 12.0. The normalized spacial score (nSPS) is 23.2. The van der Waals surface area contributed by atoms with E-state index in [2.05, 4.69) is 5.10 Å². The van der Waals surface area contributed by atoms with E-state index in [1.54, 1.807) is 25.2 Å². The van der Waals surface area contributed by atoms with Crippen LogP contribution in [0.15, 0.2) is 6.20 Å². The van der Waals surface area contributed by atoms with Gasteiger partial charge in [-0.15, -0.1) is 0 Å². The molecule has 0 atom stereocenters. The molecular weight excluding hydrogens is 220 g/mol. The Morgan fingerprint density at radius 2 is 2.35 bits per heavy atom. The Labute approximate surface area is 100 Å². The van der Waals surface area contributed by atoms with E-state index < -0.39 is 0 Å². The molecule has 17 heavy (non-hydrogen) atoms. The summed E-state index contributed by atoms with van der Waals surface area (Å²) >= 11 is 0. The molecule has 6 nitrogen and oxygen atoms in total. The van der Waals surface area contributed by atoms with Gasteiger partial charge in [0, 0.05) is 26.8 Å². The highest BCUT2D eigenvalue weighted by molar-refractivity contribution is 5.96. The second kappa shape index (κ2) is 4.37. The molecule has 1 saturated carbocycles. The molecule has 0 aliphatic heterocycles. The highest BCUT2D eigenvalue weighted by Gasteiger charge is 2.30. The van der Waals surface area contributed by atoms with Gasteiger partial charge in [-0.05, 0) is 18.8 Å². The quantitative estimate of drug-likeness (QED) is 0.766. The molecule has 3 N–H and O–H groups in total. The number of hydrogen-bond donors (Lipinski definition) is 2. The summed E-state index contributed by atoms with van der Waals surface area (Å²) in [5.41, 5.74) is 6.41. The lowest BCUT2D eigenvalue weighted by atomic mass is 9.82. The van der Waals surface area contributed by atoms with Crippen molar-refractivity contribution in [1.82, 2.24) is 14.7 Å². The van der Waals surface area contributed by atoms with Crippen LogP contribution in [0.25, 0.3) is 0 Å². The van der Waals surface area contributed by atoms with Crippen molar-refractivity contribution in [3.8, 4) is 0 Å². The van der Waals surface area contributed by atoms with Crippen molar-refractivity contribution in [1.29, 1.82) is 0 Å². The number of aryl methyl sites for hydroxylation is 1. The van der Waals surface area contributed by atoms with E-state index in [1.807, 2.05) is 0 Å². The number of nitrogens with two attached hydrogens (primary N) is 1. The fraction of sp³-hybridized carbons (Fsp3) is 0.636. The van der Waals surface area contributed by atoms with Crippen molar-refractivity contribution >= 4 is 11.6 Å². The lowest BCUT2D eigenvalue weighted by molar-refractivity contribution is 0.0264. The van der Waals surface area contributed by atoms with E-state index in [9.17, 15) is 9.90 Å². The van der Waals surface area contributed by atoms with Crippen molar-refractivity contribution in [2.75, 3.05) is 19.3 Å². The first-order valence-corrected chi connectivity index (χ1v) is 5.70. The molecule has 1 aliphatic rings. The second-order valence-electron chi connectivity index (χ2n) is 4.78. The van der Waals surface area contributed by atoms with Gasteiger partial charge < -0.3 is 15.7 Å². The van der Waals surface area contributed by atoms with Crippen molar-refractivity contribution in [3.05, 3.63) is 11.9 Å². The predicted octanol–water partition coefficient (Wildman–Crippen LogP) is -0.155. The van der Waals surface area contributed by atoms with Gasteiger partial charge in [-0.1, -0.05) is 0 Å². The SMILES string of the molecule is CN(CC1CC(O)C1)C(=O)c1nn(C)cc1N. The molecule has 0 saturated heterocycles. The van der Waals surface area contributed by atoms with E-state index in [0.717, 1.165) is 12.8 Å². The highest BCUT2D eigenvalue weighted by atomic mass is 16.3. The van der Waals surface area contributed by atoms with Crippen LogP contribution < -0.4 is 5.73 Å². The minimum atomic E-state index is -0.191. The molecule has 0 unspecified atom stereocenters. The number of carbonyl (C=O) groups excluding carboxylic acids is 1. The molecule has 1 aliphatic carbocycles. The Bertz CT molecular complexity index is 423. The van der Waals surface area contributed by atoms with Crippen LogP contribution in [0, 0.1) is 5.92 Å². The van der Waals surface area contributed by atoms with Crippen LogP contribution in [0.3, 0.4) is 0 Å². The van der Waals surface area contributed by atoms with Crippen LogP contribution in [-0.2, 0) is 7.05 Å². The van der Waals surface area contributed by atoms with Gasteiger partial charge in [0.25, 0.3) is 5.91 Å². The zero-order valence-electron chi connectivity index (χ0n) is 10.1. The number of aromatic nitrogens is 2. The number of aliphatic hydroxyl groups is 1. The van der Waals surface area contributed by atoms with Gasteiger partial charge >= 0.3 is 0 Å². The fourth-order valence-corrected chi connectivity index (χ4v) is 2.17. The summed E-state index contributed by atoms with van der Waals surface area (Å²) in [4.78, 5) is 13.7. The number of nitrogen functional groups attached to an aromatic ring is 1. The Morgan fingerprint density at radius 1 is 1.71 bits per heavy atom. The van der Waals surface area contributed by atoms with Gasteiger partial charge in [-0.3, -0.25) is 9.48 Å². The zero-order valence-corrected chi connectivity index (χ0v) is 10.1. The number of hydrogen-bond acceptors (Lipinski definition) is 4. The molecular formula is C11H18N4O2.